The van der Waals surface area contributed by atoms with Gasteiger partial charge in [-0.05, 0) is 53.6 Å². The molecule has 0 aliphatic carbocycles. The van der Waals surface area contributed by atoms with Crippen LogP contribution < -0.4 is 29.4 Å². The number of allylic oxidation sites excluding steroid dienone is 1. The number of methoxy groups -OCH3 is 2. The Labute approximate surface area is 212 Å². The van der Waals surface area contributed by atoms with Gasteiger partial charge in [0.1, 0.15) is 17.2 Å². The van der Waals surface area contributed by atoms with Crippen LogP contribution in [0.2, 0.25) is 0 Å². The number of ether oxygens (including phenoxy) is 5. The first-order chi connectivity index (χ1) is 17.9. The number of esters is 1. The van der Waals surface area contributed by atoms with Gasteiger partial charge >= 0.3 is 5.97 Å². The van der Waals surface area contributed by atoms with Crippen LogP contribution in [-0.2, 0) is 9.59 Å². The van der Waals surface area contributed by atoms with E-state index in [0.29, 0.717) is 45.4 Å². The highest BCUT2D eigenvalue weighted by Gasteiger charge is 2.38. The number of fused-ring (bicyclic) bond motifs is 3. The Morgan fingerprint density at radius 3 is 2.49 bits per heavy atom. The average Bonchev–Trinajstić information content (AvgIpc) is 3.22. The predicted molar refractivity (Wildman–Crippen MR) is 132 cm³/mol. The van der Waals surface area contributed by atoms with Crippen molar-refractivity contribution in [2.24, 2.45) is 5.73 Å². The van der Waals surface area contributed by atoms with Gasteiger partial charge < -0.3 is 29.4 Å². The number of benzene rings is 3. The molecule has 2 heterocycles. The van der Waals surface area contributed by atoms with Crippen molar-refractivity contribution < 1.29 is 38.1 Å². The number of nitrogens with two attached hydrogens (primary N) is 1. The summed E-state index contributed by atoms with van der Waals surface area (Å²) in [5, 5.41) is 0. The Morgan fingerprint density at radius 2 is 1.78 bits per heavy atom. The van der Waals surface area contributed by atoms with Gasteiger partial charge in [0.05, 0.1) is 26.2 Å². The molecule has 3 aromatic rings. The Balaban J connectivity index is 1.55. The van der Waals surface area contributed by atoms with Crippen LogP contribution in [0.3, 0.4) is 0 Å². The fourth-order valence-corrected chi connectivity index (χ4v) is 4.41. The van der Waals surface area contributed by atoms with E-state index < -0.39 is 17.8 Å². The third kappa shape index (κ3) is 4.58. The van der Waals surface area contributed by atoms with Gasteiger partial charge in [-0.3, -0.25) is 14.4 Å². The van der Waals surface area contributed by atoms with Crippen molar-refractivity contribution in [1.29, 1.82) is 0 Å². The van der Waals surface area contributed by atoms with Gasteiger partial charge in [0, 0.05) is 11.5 Å². The van der Waals surface area contributed by atoms with Gasteiger partial charge in [0.15, 0.2) is 23.9 Å². The Bertz CT molecular complexity index is 1440. The third-order valence-electron chi connectivity index (χ3n) is 6.15. The minimum Gasteiger partial charge on any atom is -0.497 e. The summed E-state index contributed by atoms with van der Waals surface area (Å²) in [6.45, 7) is -0.338. The molecule has 9 heteroatoms. The number of carbonyl (C=O) groups excluding carboxylic acids is 3. The van der Waals surface area contributed by atoms with E-state index in [1.165, 1.54) is 7.11 Å². The number of carbonyl (C=O) groups is 3. The molecule has 1 unspecified atom stereocenters. The number of rotatable bonds is 7. The SMILES string of the molecule is COc1ccc(/C=C2\Oc3c(ccc4c3C(c3ccc(OC)c(OCC(N)=O)c3)CC(=O)O4)C2=O)cc1. The second-order valence-corrected chi connectivity index (χ2v) is 8.46. The molecule has 2 aliphatic heterocycles. The third-order valence-corrected chi connectivity index (χ3v) is 6.15. The minimum atomic E-state index is -0.639. The van der Waals surface area contributed by atoms with Crippen LogP contribution >= 0.6 is 0 Å². The van der Waals surface area contributed by atoms with Crippen LogP contribution in [0.1, 0.15) is 39.4 Å². The predicted octanol–water partition coefficient (Wildman–Crippen LogP) is 3.63. The van der Waals surface area contributed by atoms with Crippen LogP contribution in [0.5, 0.6) is 28.7 Å². The van der Waals surface area contributed by atoms with Crippen molar-refractivity contribution in [3.8, 4) is 28.7 Å². The molecular formula is C28H23NO8. The van der Waals surface area contributed by atoms with Crippen molar-refractivity contribution in [3.05, 3.63) is 82.6 Å². The van der Waals surface area contributed by atoms with Gasteiger partial charge in [-0.1, -0.05) is 18.2 Å². The lowest BCUT2D eigenvalue weighted by Crippen LogP contribution is -2.22. The van der Waals surface area contributed by atoms with E-state index in [9.17, 15) is 14.4 Å². The van der Waals surface area contributed by atoms with Crippen LogP contribution in [0.15, 0.2) is 60.4 Å². The highest BCUT2D eigenvalue weighted by molar-refractivity contribution is 6.15. The Morgan fingerprint density at radius 1 is 1.00 bits per heavy atom. The summed E-state index contributed by atoms with van der Waals surface area (Å²) in [5.74, 6) is 0.369. The lowest BCUT2D eigenvalue weighted by molar-refractivity contribution is -0.135. The zero-order valence-corrected chi connectivity index (χ0v) is 20.1. The van der Waals surface area contributed by atoms with Gasteiger partial charge in [0.25, 0.3) is 5.91 Å². The smallest absolute Gasteiger partial charge is 0.312 e. The zero-order valence-electron chi connectivity index (χ0n) is 20.1. The fourth-order valence-electron chi connectivity index (χ4n) is 4.41. The molecule has 1 atom stereocenters. The topological polar surface area (TPSA) is 123 Å². The molecule has 0 saturated heterocycles. The first-order valence-corrected chi connectivity index (χ1v) is 11.4. The van der Waals surface area contributed by atoms with E-state index >= 15 is 0 Å². The van der Waals surface area contributed by atoms with Gasteiger partial charge in [-0.2, -0.15) is 0 Å². The van der Waals surface area contributed by atoms with E-state index in [2.05, 4.69) is 0 Å². The summed E-state index contributed by atoms with van der Waals surface area (Å²) in [6, 6.07) is 15.5. The number of amides is 1. The number of hydrogen-bond donors (Lipinski definition) is 1. The number of Topliss-reactive ketones (excluding diaryl/α,β-unsaturated/α-hetero) is 1. The van der Waals surface area contributed by atoms with Gasteiger partial charge in [-0.15, -0.1) is 0 Å². The number of ketones is 1. The quantitative estimate of drug-likeness (QED) is 0.296. The normalized spacial score (nSPS) is 16.9. The molecule has 1 amide bonds. The zero-order chi connectivity index (χ0) is 26.1. The van der Waals surface area contributed by atoms with E-state index in [-0.39, 0.29) is 24.6 Å². The van der Waals surface area contributed by atoms with Crippen molar-refractivity contribution in [1.82, 2.24) is 0 Å². The van der Waals surface area contributed by atoms with Crippen molar-refractivity contribution in [2.75, 3.05) is 20.8 Å². The van der Waals surface area contributed by atoms with Crippen LogP contribution in [0.25, 0.3) is 6.08 Å². The highest BCUT2D eigenvalue weighted by atomic mass is 16.5. The molecule has 3 aromatic carbocycles. The average molecular weight is 501 g/mol. The van der Waals surface area contributed by atoms with Crippen LogP contribution in [-0.4, -0.2) is 38.5 Å². The van der Waals surface area contributed by atoms with Crippen molar-refractivity contribution >= 4 is 23.7 Å². The molecule has 0 fully saturated rings. The summed E-state index contributed by atoms with van der Waals surface area (Å²) in [6.07, 6.45) is 1.67. The molecule has 2 N–H and O–H groups in total. The summed E-state index contributed by atoms with van der Waals surface area (Å²) in [5.41, 5.74) is 7.63. The summed E-state index contributed by atoms with van der Waals surface area (Å²) in [7, 11) is 3.05. The number of hydrogen-bond acceptors (Lipinski definition) is 8. The molecule has 0 spiro atoms. The first-order valence-electron chi connectivity index (χ1n) is 11.4. The second kappa shape index (κ2) is 9.69. The maximum Gasteiger partial charge on any atom is 0.312 e. The second-order valence-electron chi connectivity index (χ2n) is 8.46. The lowest BCUT2D eigenvalue weighted by atomic mass is 9.84. The lowest BCUT2D eigenvalue weighted by Gasteiger charge is -2.26. The molecule has 0 bridgehead atoms. The Kier molecular flexibility index (Phi) is 6.27. The summed E-state index contributed by atoms with van der Waals surface area (Å²) in [4.78, 5) is 36.9. The molecule has 0 aromatic heterocycles. The molecule has 0 saturated carbocycles. The molecule has 37 heavy (non-hydrogen) atoms. The van der Waals surface area contributed by atoms with Crippen molar-refractivity contribution in [2.45, 2.75) is 12.3 Å². The largest absolute Gasteiger partial charge is 0.497 e. The van der Waals surface area contributed by atoms with E-state index in [1.807, 2.05) is 12.1 Å². The molecule has 9 nitrogen and oxygen atoms in total. The standard InChI is InChI=1S/C28H23NO8/c1-33-17-6-3-15(4-7-17)11-23-27(32)18-8-10-21-26(28(18)37-23)19(13-25(31)36-21)16-5-9-20(34-2)22(12-16)35-14-24(29)30/h3-12,19H,13-14H2,1-2H3,(H2,29,30)/b23-11-. The fraction of sp³-hybridized carbons (Fsp3) is 0.179. The molecule has 0 radical (unpaired) electrons. The minimum absolute atomic E-state index is 0.0140. The van der Waals surface area contributed by atoms with Crippen molar-refractivity contribution in [3.63, 3.8) is 0 Å². The van der Waals surface area contributed by atoms with E-state index in [1.54, 1.807) is 55.7 Å². The molecule has 5 rings (SSSR count). The first kappa shape index (κ1) is 23.9. The van der Waals surface area contributed by atoms with E-state index in [4.69, 9.17) is 29.4 Å². The van der Waals surface area contributed by atoms with Crippen LogP contribution in [0, 0.1) is 0 Å². The monoisotopic (exact) mass is 501 g/mol. The molecule has 2 aliphatic rings. The summed E-state index contributed by atoms with van der Waals surface area (Å²) >= 11 is 0. The van der Waals surface area contributed by atoms with Gasteiger partial charge in [0.2, 0.25) is 5.78 Å². The number of primary amides is 1. The summed E-state index contributed by atoms with van der Waals surface area (Å²) < 4.78 is 27.6. The Hall–Kier alpha value is -4.79. The van der Waals surface area contributed by atoms with E-state index in [0.717, 1.165) is 5.56 Å². The maximum absolute atomic E-state index is 13.2. The molecular weight excluding hydrogens is 478 g/mol. The maximum atomic E-state index is 13.2. The van der Waals surface area contributed by atoms with Crippen LogP contribution in [0.4, 0.5) is 0 Å². The highest BCUT2D eigenvalue weighted by Crippen LogP contribution is 2.49. The molecule has 188 valence electrons. The van der Waals surface area contributed by atoms with Gasteiger partial charge in [-0.25, -0.2) is 0 Å².